The van der Waals surface area contributed by atoms with Crippen molar-refractivity contribution < 1.29 is 40.2 Å². The third-order valence-electron chi connectivity index (χ3n) is 0.698. The summed E-state index contributed by atoms with van der Waals surface area (Å²) in [5.41, 5.74) is -2.92. The summed E-state index contributed by atoms with van der Waals surface area (Å²) in [4.78, 5) is 0. The molecule has 0 spiro atoms. The lowest BCUT2D eigenvalue weighted by Crippen LogP contribution is -2.33. The summed E-state index contributed by atoms with van der Waals surface area (Å²) in [5.74, 6) is 0. The molecule has 0 amide bonds. The van der Waals surface area contributed by atoms with Crippen molar-refractivity contribution in [2.45, 2.75) is 24.6 Å². The molecule has 0 aromatic carbocycles. The predicted octanol–water partition coefficient (Wildman–Crippen LogP) is 2.92. The number of hydrogen-bond acceptors (Lipinski definition) is 2. The predicted molar refractivity (Wildman–Crippen MR) is 28.8 cm³/mol. The van der Waals surface area contributed by atoms with Gasteiger partial charge in [-0.2, -0.15) is 0 Å². The Hall–Kier alpha value is -0.280. The molecule has 0 aliphatic carbocycles. The van der Waals surface area contributed by atoms with Crippen molar-refractivity contribution in [1.82, 2.24) is 0 Å². The van der Waals surface area contributed by atoms with E-state index in [4.69, 9.17) is 0 Å². The summed E-state index contributed by atoms with van der Waals surface area (Å²) < 4.78 is 84.9. The Morgan fingerprint density at radius 3 is 1.50 bits per heavy atom. The fourth-order valence-corrected chi connectivity index (χ4v) is 0.515. The normalized spacial score (nSPS) is 18.0. The van der Waals surface area contributed by atoms with Crippen LogP contribution < -0.4 is 0 Å². The first kappa shape index (κ1) is 13.7. The molecule has 86 valence electrons. The van der Waals surface area contributed by atoms with E-state index in [-0.39, 0.29) is 0 Å². The van der Waals surface area contributed by atoms with Gasteiger partial charge in [-0.25, -0.2) is 4.39 Å². The molecule has 0 radical (unpaired) electrons. The van der Waals surface area contributed by atoms with E-state index in [1.165, 1.54) is 0 Å². The van der Waals surface area contributed by atoms with Crippen LogP contribution in [0.5, 0.6) is 0 Å². The number of alkyl halides is 8. The van der Waals surface area contributed by atoms with Crippen LogP contribution in [-0.2, 0) is 9.47 Å². The molecule has 10 heteroatoms. The number of halogens is 8. The molecule has 0 fully saturated rings. The van der Waals surface area contributed by atoms with Crippen molar-refractivity contribution in [3.8, 4) is 0 Å². The largest absolute Gasteiger partial charge is 0.525 e. The van der Waals surface area contributed by atoms with E-state index < -0.39 is 24.6 Å². The fraction of sp³-hybridized carbons (Fsp3) is 1.00. The van der Waals surface area contributed by atoms with Crippen LogP contribution in [0.1, 0.15) is 0 Å². The Labute approximate surface area is 77.5 Å². The van der Waals surface area contributed by atoms with Crippen LogP contribution in [0.4, 0.5) is 30.7 Å². The van der Waals surface area contributed by atoms with Gasteiger partial charge in [0.1, 0.15) is 0 Å². The molecule has 14 heavy (non-hydrogen) atoms. The minimum atomic E-state index is -5.43. The van der Waals surface area contributed by atoms with Gasteiger partial charge in [-0.15, -0.1) is 26.3 Å². The van der Waals surface area contributed by atoms with E-state index >= 15 is 0 Å². The average Bonchev–Trinajstić information content (AvgIpc) is 1.78. The molecule has 0 aliphatic rings. The third-order valence-corrected chi connectivity index (χ3v) is 0.986. The molecule has 0 N–H and O–H groups in total. The van der Waals surface area contributed by atoms with Crippen LogP contribution in [0.25, 0.3) is 0 Å². The highest BCUT2D eigenvalue weighted by atomic mass is 35.5. The van der Waals surface area contributed by atoms with Crippen LogP contribution in [-0.4, -0.2) is 24.6 Å². The zero-order valence-electron chi connectivity index (χ0n) is 5.99. The Morgan fingerprint density at radius 2 is 1.21 bits per heavy atom. The molecule has 0 bridgehead atoms. The van der Waals surface area contributed by atoms with Gasteiger partial charge in [-0.05, 0) is 0 Å². The van der Waals surface area contributed by atoms with Crippen LogP contribution in [0.15, 0.2) is 0 Å². The summed E-state index contributed by atoms with van der Waals surface area (Å²) in [6.45, 7) is 0. The van der Waals surface area contributed by atoms with Crippen molar-refractivity contribution in [2.75, 3.05) is 0 Å². The molecular weight excluding hydrogens is 248 g/mol. The summed E-state index contributed by atoms with van der Waals surface area (Å²) >= 11 is 4.48. The first-order valence-corrected chi connectivity index (χ1v) is 3.22. The minimum absolute atomic E-state index is 2.52. The van der Waals surface area contributed by atoms with Crippen molar-refractivity contribution >= 4 is 11.6 Å². The second kappa shape index (κ2) is 4.49. The quantitative estimate of drug-likeness (QED) is 0.566. The zero-order valence-corrected chi connectivity index (χ0v) is 6.75. The van der Waals surface area contributed by atoms with Gasteiger partial charge >= 0.3 is 12.7 Å². The molecule has 0 aromatic heterocycles. The van der Waals surface area contributed by atoms with E-state index in [9.17, 15) is 30.7 Å². The van der Waals surface area contributed by atoms with Gasteiger partial charge in [0.25, 0.3) is 0 Å². The molecular formula is C4H2ClF7O2. The summed E-state index contributed by atoms with van der Waals surface area (Å²) in [6, 6.07) is 0. The van der Waals surface area contributed by atoms with Gasteiger partial charge in [-0.1, -0.05) is 11.6 Å². The molecule has 2 nitrogen and oxygen atoms in total. The maximum absolute atomic E-state index is 12.1. The Kier molecular flexibility index (Phi) is 4.40. The SMILES string of the molecule is FC(OC(F)(F)F)C(Cl)OC(F)(F)F. The Bertz CT molecular complexity index is 158. The molecule has 0 saturated heterocycles. The zero-order chi connectivity index (χ0) is 11.6. The first-order valence-electron chi connectivity index (χ1n) is 2.78. The van der Waals surface area contributed by atoms with Gasteiger partial charge in [0.05, 0.1) is 0 Å². The summed E-state index contributed by atoms with van der Waals surface area (Å²) in [6.07, 6.45) is -14.2. The Balaban J connectivity index is 4.07. The topological polar surface area (TPSA) is 18.5 Å². The number of rotatable bonds is 3. The molecule has 0 saturated carbocycles. The van der Waals surface area contributed by atoms with Gasteiger partial charge in [0.15, 0.2) is 5.56 Å². The molecule has 0 heterocycles. The van der Waals surface area contributed by atoms with E-state index in [0.29, 0.717) is 0 Å². The van der Waals surface area contributed by atoms with E-state index in [1.807, 2.05) is 0 Å². The summed E-state index contributed by atoms with van der Waals surface area (Å²) in [7, 11) is 0. The maximum atomic E-state index is 12.1. The maximum Gasteiger partial charge on any atom is 0.525 e. The average molecular weight is 250 g/mol. The standard InChI is InChI=1S/C4H2ClF7O2/c5-1(13-3(7,8)9)2(6)14-4(10,11)12/h1-2H. The molecule has 0 aromatic rings. The van der Waals surface area contributed by atoms with Gasteiger partial charge < -0.3 is 0 Å². The van der Waals surface area contributed by atoms with Gasteiger partial charge in [-0.3, -0.25) is 9.47 Å². The van der Waals surface area contributed by atoms with Crippen molar-refractivity contribution in [1.29, 1.82) is 0 Å². The lowest BCUT2D eigenvalue weighted by atomic mass is 10.7. The Morgan fingerprint density at radius 1 is 0.857 bits per heavy atom. The van der Waals surface area contributed by atoms with Crippen LogP contribution in [0.3, 0.4) is 0 Å². The summed E-state index contributed by atoms with van der Waals surface area (Å²) in [5, 5.41) is 0. The van der Waals surface area contributed by atoms with Crippen molar-refractivity contribution in [2.24, 2.45) is 0 Å². The lowest BCUT2D eigenvalue weighted by molar-refractivity contribution is -0.394. The second-order valence-electron chi connectivity index (χ2n) is 1.83. The fourth-order valence-electron chi connectivity index (χ4n) is 0.362. The van der Waals surface area contributed by atoms with E-state index in [0.717, 1.165) is 0 Å². The third kappa shape index (κ3) is 7.15. The molecule has 0 rings (SSSR count). The smallest absolute Gasteiger partial charge is 0.266 e. The second-order valence-corrected chi connectivity index (χ2v) is 2.26. The van der Waals surface area contributed by atoms with Crippen molar-refractivity contribution in [3.63, 3.8) is 0 Å². The monoisotopic (exact) mass is 250 g/mol. The van der Waals surface area contributed by atoms with Crippen molar-refractivity contribution in [3.05, 3.63) is 0 Å². The van der Waals surface area contributed by atoms with Crippen LogP contribution in [0, 0.1) is 0 Å². The lowest BCUT2D eigenvalue weighted by Gasteiger charge is -2.18. The van der Waals surface area contributed by atoms with Crippen LogP contribution >= 0.6 is 11.6 Å². The van der Waals surface area contributed by atoms with Crippen LogP contribution in [0.2, 0.25) is 0 Å². The minimum Gasteiger partial charge on any atom is -0.266 e. The van der Waals surface area contributed by atoms with Gasteiger partial charge in [0, 0.05) is 0 Å². The molecule has 0 aliphatic heterocycles. The molecule has 2 unspecified atom stereocenters. The first-order chi connectivity index (χ1) is 6.01. The van der Waals surface area contributed by atoms with E-state index in [2.05, 4.69) is 21.1 Å². The number of ether oxygens (including phenoxy) is 2. The number of hydrogen-bond donors (Lipinski definition) is 0. The highest BCUT2D eigenvalue weighted by Crippen LogP contribution is 2.27. The molecule has 2 atom stereocenters. The van der Waals surface area contributed by atoms with Gasteiger partial charge in [0.2, 0.25) is 6.36 Å². The highest BCUT2D eigenvalue weighted by Gasteiger charge is 2.42. The highest BCUT2D eigenvalue weighted by molar-refractivity contribution is 6.20. The van der Waals surface area contributed by atoms with E-state index in [1.54, 1.807) is 0 Å².